The number of fused-ring (bicyclic) bond motifs is 4. The molecule has 0 saturated carbocycles. The summed E-state index contributed by atoms with van der Waals surface area (Å²) in [5, 5.41) is 10.5. The van der Waals surface area contributed by atoms with Gasteiger partial charge in [0.2, 0.25) is 0 Å². The van der Waals surface area contributed by atoms with Crippen LogP contribution in [-0.4, -0.2) is 9.52 Å². The van der Waals surface area contributed by atoms with Crippen molar-refractivity contribution in [3.63, 3.8) is 0 Å². The minimum absolute atomic E-state index is 0. The van der Waals surface area contributed by atoms with E-state index < -0.39 is 0 Å². The average Bonchev–Trinajstić information content (AvgIpc) is 3.66. The Morgan fingerprint density at radius 3 is 1.16 bits per heavy atom. The summed E-state index contributed by atoms with van der Waals surface area (Å²) in [7, 11) is 1.08. The fourth-order valence-electron chi connectivity index (χ4n) is 6.01. The van der Waals surface area contributed by atoms with Gasteiger partial charge < -0.3 is 0 Å². The second-order valence-electron chi connectivity index (χ2n) is 11.3. The van der Waals surface area contributed by atoms with E-state index in [9.17, 15) is 0 Å². The summed E-state index contributed by atoms with van der Waals surface area (Å²) < 4.78 is 0. The standard InChI is InChI=1S/2C20H15.C2H6Si.Zr/c2*1-14-10-17-8-4-5-9-19(17)20(11-14)18-12-15-6-2-3-7-16(15)13-18;1-3-2;/h2*2-13H,1H3;1-2H3;/q2*-1;;+2. The maximum Gasteiger partial charge on any atom is 2.00 e. The second-order valence-corrected chi connectivity index (χ2v) is 12.3. The monoisotopic (exact) mass is 658 g/mol. The first-order valence-electron chi connectivity index (χ1n) is 14.9. The molecule has 44 heavy (non-hydrogen) atoms. The van der Waals surface area contributed by atoms with Crippen LogP contribution in [-0.2, 0) is 26.2 Å². The molecule has 0 amide bonds. The van der Waals surface area contributed by atoms with E-state index >= 15 is 0 Å². The minimum atomic E-state index is 0. The van der Waals surface area contributed by atoms with Crippen molar-refractivity contribution in [2.45, 2.75) is 26.9 Å². The summed E-state index contributed by atoms with van der Waals surface area (Å²) in [6.45, 7) is 8.64. The van der Waals surface area contributed by atoms with E-state index in [0.29, 0.717) is 0 Å². The van der Waals surface area contributed by atoms with E-state index in [1.807, 2.05) is 0 Å². The third kappa shape index (κ3) is 6.78. The van der Waals surface area contributed by atoms with Gasteiger partial charge in [0, 0.05) is 9.52 Å². The van der Waals surface area contributed by atoms with Gasteiger partial charge in [-0.25, -0.2) is 0 Å². The van der Waals surface area contributed by atoms with Crippen molar-refractivity contribution in [3.8, 4) is 22.3 Å². The summed E-state index contributed by atoms with van der Waals surface area (Å²) in [6.07, 6.45) is 0. The third-order valence-electron chi connectivity index (χ3n) is 7.87. The molecule has 8 aromatic carbocycles. The molecule has 0 unspecified atom stereocenters. The van der Waals surface area contributed by atoms with E-state index in [2.05, 4.69) is 173 Å². The zero-order valence-corrected chi connectivity index (χ0v) is 29.3. The van der Waals surface area contributed by atoms with Gasteiger partial charge in [-0.2, -0.15) is 0 Å². The van der Waals surface area contributed by atoms with Gasteiger partial charge in [0.15, 0.2) is 0 Å². The number of aryl methyl sites for hydroxylation is 2. The largest absolute Gasteiger partial charge is 2.00 e. The zero-order chi connectivity index (χ0) is 29.8. The molecule has 0 atom stereocenters. The second kappa shape index (κ2) is 14.3. The van der Waals surface area contributed by atoms with Gasteiger partial charge >= 0.3 is 26.2 Å². The van der Waals surface area contributed by atoms with Crippen LogP contribution in [0.5, 0.6) is 0 Å². The molecule has 0 nitrogen and oxygen atoms in total. The molecule has 0 bridgehead atoms. The quantitative estimate of drug-likeness (QED) is 0.128. The van der Waals surface area contributed by atoms with E-state index in [1.54, 1.807) is 0 Å². The Labute approximate surface area is 283 Å². The SMILES string of the molecule is C[Si]C.Cc1cc(-c2cc3ccccc3[cH-]2)c2ccccc2c1.Cc1cc(-c2cc3ccccc3[cH-]2)c2ccccc2c1.[Zr+2]. The zero-order valence-electron chi connectivity index (χ0n) is 25.9. The van der Waals surface area contributed by atoms with Crippen molar-refractivity contribution in [2.75, 3.05) is 0 Å². The molecule has 8 rings (SSSR count). The van der Waals surface area contributed by atoms with Crippen molar-refractivity contribution < 1.29 is 26.2 Å². The third-order valence-corrected chi connectivity index (χ3v) is 7.87. The Kier molecular flexibility index (Phi) is 10.3. The Hall–Kier alpha value is -3.84. The smallest absolute Gasteiger partial charge is 0.145 e. The van der Waals surface area contributed by atoms with Crippen molar-refractivity contribution >= 4 is 52.6 Å². The Morgan fingerprint density at radius 1 is 0.432 bits per heavy atom. The van der Waals surface area contributed by atoms with Crippen LogP contribution in [0, 0.1) is 13.8 Å². The summed E-state index contributed by atoms with van der Waals surface area (Å²) >= 11 is 0. The van der Waals surface area contributed by atoms with Gasteiger partial charge in [-0.1, -0.05) is 145 Å². The van der Waals surface area contributed by atoms with Gasteiger partial charge in [-0.05, 0) is 35.4 Å². The molecular formula is C42H36SiZr. The Bertz CT molecular complexity index is 1940. The minimum Gasteiger partial charge on any atom is -0.145 e. The summed E-state index contributed by atoms with van der Waals surface area (Å²) in [5.41, 5.74) is 7.90. The van der Waals surface area contributed by atoms with Gasteiger partial charge in [0.25, 0.3) is 0 Å². The molecule has 212 valence electrons. The molecule has 2 radical (unpaired) electrons. The Balaban J connectivity index is 0.000000157. The van der Waals surface area contributed by atoms with Crippen molar-refractivity contribution in [1.82, 2.24) is 0 Å². The predicted octanol–water partition coefficient (Wildman–Crippen LogP) is 12.2. The molecule has 0 N–H and O–H groups in total. The molecule has 0 aliphatic carbocycles. The molecule has 0 aliphatic heterocycles. The average molecular weight is 660 g/mol. The van der Waals surface area contributed by atoms with Crippen LogP contribution in [0.15, 0.2) is 146 Å². The number of rotatable bonds is 2. The maximum absolute atomic E-state index is 2.29. The molecule has 2 heteroatoms. The van der Waals surface area contributed by atoms with Crippen LogP contribution in [0.2, 0.25) is 13.1 Å². The van der Waals surface area contributed by atoms with E-state index in [4.69, 9.17) is 0 Å². The van der Waals surface area contributed by atoms with Crippen molar-refractivity contribution in [3.05, 3.63) is 157 Å². The van der Waals surface area contributed by atoms with E-state index in [1.165, 1.54) is 76.5 Å². The molecule has 0 aliphatic rings. The van der Waals surface area contributed by atoms with Crippen LogP contribution >= 0.6 is 0 Å². The molecule has 0 saturated heterocycles. The van der Waals surface area contributed by atoms with Gasteiger partial charge in [-0.15, -0.1) is 69.1 Å². The first kappa shape index (κ1) is 31.6. The summed E-state index contributed by atoms with van der Waals surface area (Å²) in [5.74, 6) is 0. The fourth-order valence-corrected chi connectivity index (χ4v) is 6.01. The van der Waals surface area contributed by atoms with E-state index in [-0.39, 0.29) is 26.2 Å². The van der Waals surface area contributed by atoms with Crippen LogP contribution in [0.4, 0.5) is 0 Å². The van der Waals surface area contributed by atoms with Gasteiger partial charge in [0.1, 0.15) is 0 Å². The predicted molar refractivity (Wildman–Crippen MR) is 192 cm³/mol. The van der Waals surface area contributed by atoms with Crippen molar-refractivity contribution in [2.24, 2.45) is 0 Å². The number of benzene rings is 6. The van der Waals surface area contributed by atoms with Crippen molar-refractivity contribution in [1.29, 1.82) is 0 Å². The number of hydrogen-bond donors (Lipinski definition) is 0. The van der Waals surface area contributed by atoms with Crippen LogP contribution < -0.4 is 0 Å². The normalized spacial score (nSPS) is 10.6. The molecule has 0 spiro atoms. The molecule has 8 aromatic rings. The first-order chi connectivity index (χ1) is 21.0. The summed E-state index contributed by atoms with van der Waals surface area (Å²) in [4.78, 5) is 0. The molecule has 0 heterocycles. The fraction of sp³-hybridized carbons (Fsp3) is 0.0952. The molecule has 0 aromatic heterocycles. The molecular weight excluding hydrogens is 624 g/mol. The van der Waals surface area contributed by atoms with Crippen LogP contribution in [0.1, 0.15) is 11.1 Å². The Morgan fingerprint density at radius 2 is 0.773 bits per heavy atom. The number of hydrogen-bond acceptors (Lipinski definition) is 0. The first-order valence-corrected chi connectivity index (χ1v) is 16.9. The van der Waals surface area contributed by atoms with Gasteiger partial charge in [-0.3, -0.25) is 0 Å². The maximum atomic E-state index is 2.29. The van der Waals surface area contributed by atoms with Gasteiger partial charge in [0.05, 0.1) is 0 Å². The van der Waals surface area contributed by atoms with Crippen LogP contribution in [0.25, 0.3) is 65.3 Å². The van der Waals surface area contributed by atoms with Crippen LogP contribution in [0.3, 0.4) is 0 Å². The summed E-state index contributed by atoms with van der Waals surface area (Å²) in [6, 6.07) is 52.6. The topological polar surface area (TPSA) is 0 Å². The van der Waals surface area contributed by atoms with E-state index in [0.717, 1.165) is 9.52 Å². The molecule has 0 fully saturated rings.